The highest BCUT2D eigenvalue weighted by atomic mass is 79.9. The van der Waals surface area contributed by atoms with Crippen molar-refractivity contribution >= 4 is 22.2 Å². The molecule has 1 aromatic heterocycles. The number of benzene rings is 1. The molecule has 0 fully saturated rings. The van der Waals surface area contributed by atoms with E-state index in [2.05, 4.69) is 25.9 Å². The van der Waals surface area contributed by atoms with Gasteiger partial charge in [-0.15, -0.1) is 0 Å². The number of ether oxygens (including phenoxy) is 1. The lowest BCUT2D eigenvalue weighted by Crippen LogP contribution is -2.05. The number of hydrogen-bond donors (Lipinski definition) is 1. The Morgan fingerprint density at radius 1 is 1.40 bits per heavy atom. The first-order chi connectivity index (χ1) is 9.36. The molecule has 0 bridgehead atoms. The van der Waals surface area contributed by atoms with E-state index >= 15 is 0 Å². The van der Waals surface area contributed by atoms with Crippen LogP contribution in [0.5, 0.6) is 5.75 Å². The first-order valence-electron chi connectivity index (χ1n) is 5.33. The largest absolute Gasteiger partial charge is 0.496 e. The number of alkyl halides is 3. The number of aldehydes is 1. The van der Waals surface area contributed by atoms with Crippen LogP contribution in [0.15, 0.2) is 22.8 Å². The first kappa shape index (κ1) is 14.6. The van der Waals surface area contributed by atoms with Gasteiger partial charge in [-0.2, -0.15) is 13.2 Å². The summed E-state index contributed by atoms with van der Waals surface area (Å²) >= 11 is 3.16. The summed E-state index contributed by atoms with van der Waals surface area (Å²) in [7, 11) is 1.26. The minimum absolute atomic E-state index is 0.0180. The Hall–Kier alpha value is -1.83. The van der Waals surface area contributed by atoms with Crippen molar-refractivity contribution in [3.8, 4) is 17.0 Å². The summed E-state index contributed by atoms with van der Waals surface area (Å²) in [5, 5.41) is 0. The summed E-state index contributed by atoms with van der Waals surface area (Å²) in [4.78, 5) is 17.3. The summed E-state index contributed by atoms with van der Waals surface area (Å²) in [6.45, 7) is 0. The zero-order chi connectivity index (χ0) is 14.9. The monoisotopic (exact) mass is 348 g/mol. The molecule has 0 amide bonds. The smallest absolute Gasteiger partial charge is 0.416 e. The molecule has 20 heavy (non-hydrogen) atoms. The maximum atomic E-state index is 12.6. The van der Waals surface area contributed by atoms with E-state index in [1.54, 1.807) is 0 Å². The lowest BCUT2D eigenvalue weighted by atomic mass is 10.1. The molecule has 0 unspecified atom stereocenters. The van der Waals surface area contributed by atoms with Gasteiger partial charge in [0.15, 0.2) is 12.1 Å². The van der Waals surface area contributed by atoms with Crippen molar-refractivity contribution in [1.29, 1.82) is 0 Å². The van der Waals surface area contributed by atoms with E-state index in [9.17, 15) is 18.0 Å². The number of methoxy groups -OCH3 is 1. The lowest BCUT2D eigenvalue weighted by molar-refractivity contribution is -0.137. The Bertz CT molecular complexity index is 653. The summed E-state index contributed by atoms with van der Waals surface area (Å²) in [6, 6.07) is 3.06. The van der Waals surface area contributed by atoms with Crippen molar-refractivity contribution in [2.75, 3.05) is 7.11 Å². The summed E-state index contributed by atoms with van der Waals surface area (Å²) < 4.78 is 43.3. The van der Waals surface area contributed by atoms with Crippen molar-refractivity contribution in [1.82, 2.24) is 9.97 Å². The molecule has 1 heterocycles. The molecule has 0 aliphatic carbocycles. The van der Waals surface area contributed by atoms with Crippen LogP contribution < -0.4 is 4.74 Å². The average molecular weight is 349 g/mol. The van der Waals surface area contributed by atoms with E-state index in [0.717, 1.165) is 12.1 Å². The quantitative estimate of drug-likeness (QED) is 0.861. The Kier molecular flexibility index (Phi) is 3.85. The van der Waals surface area contributed by atoms with Crippen LogP contribution in [0.2, 0.25) is 0 Å². The van der Waals surface area contributed by atoms with Crippen molar-refractivity contribution in [3.63, 3.8) is 0 Å². The lowest BCUT2D eigenvalue weighted by Gasteiger charge is -2.11. The van der Waals surface area contributed by atoms with Crippen LogP contribution in [0.4, 0.5) is 13.2 Å². The molecular formula is C12H8BrF3N2O2. The molecule has 2 aromatic rings. The molecular weight excluding hydrogens is 341 g/mol. The van der Waals surface area contributed by atoms with Crippen molar-refractivity contribution in [3.05, 3.63) is 34.2 Å². The molecule has 1 aromatic carbocycles. The number of hydrogen-bond acceptors (Lipinski definition) is 3. The van der Waals surface area contributed by atoms with Crippen LogP contribution in [0.1, 0.15) is 16.2 Å². The van der Waals surface area contributed by atoms with E-state index in [1.165, 1.54) is 13.2 Å². The minimum atomic E-state index is -4.46. The first-order valence-corrected chi connectivity index (χ1v) is 6.12. The van der Waals surface area contributed by atoms with Crippen LogP contribution in [-0.4, -0.2) is 23.4 Å². The van der Waals surface area contributed by atoms with E-state index in [-0.39, 0.29) is 11.6 Å². The second kappa shape index (κ2) is 5.28. The number of nitrogens with one attached hydrogen (secondary N) is 1. The van der Waals surface area contributed by atoms with Crippen LogP contribution in [0.25, 0.3) is 11.3 Å². The third-order valence-corrected chi connectivity index (χ3v) is 3.15. The Labute approximate surface area is 120 Å². The third kappa shape index (κ3) is 2.69. The number of aromatic nitrogens is 2. The molecule has 2 rings (SSSR count). The molecule has 0 aliphatic heterocycles. The van der Waals surface area contributed by atoms with Gasteiger partial charge in [0.1, 0.15) is 16.0 Å². The standard InChI is InChI=1S/C12H8BrF3N2O2/c1-20-8-4-6(12(14,15)16)2-3-7(8)10-11(13)18-9(5-19)17-10/h2-5H,1H3,(H,17,18). The average Bonchev–Trinajstić information content (AvgIpc) is 2.78. The Morgan fingerprint density at radius 2 is 2.10 bits per heavy atom. The maximum absolute atomic E-state index is 12.6. The third-order valence-electron chi connectivity index (χ3n) is 2.57. The van der Waals surface area contributed by atoms with E-state index in [1.807, 2.05) is 0 Å². The maximum Gasteiger partial charge on any atom is 0.416 e. The molecule has 8 heteroatoms. The van der Waals surface area contributed by atoms with Crippen LogP contribution in [-0.2, 0) is 6.18 Å². The van der Waals surface area contributed by atoms with Gasteiger partial charge in [-0.1, -0.05) is 0 Å². The van der Waals surface area contributed by atoms with E-state index in [0.29, 0.717) is 22.1 Å². The Balaban J connectivity index is 2.57. The summed E-state index contributed by atoms with van der Waals surface area (Å²) in [5.74, 6) is 0.0818. The van der Waals surface area contributed by atoms with E-state index in [4.69, 9.17) is 4.74 Å². The number of carbonyl (C=O) groups excluding carboxylic acids is 1. The number of rotatable bonds is 3. The van der Waals surface area contributed by atoms with E-state index < -0.39 is 11.7 Å². The van der Waals surface area contributed by atoms with Crippen LogP contribution >= 0.6 is 15.9 Å². The molecule has 106 valence electrons. The molecule has 1 N–H and O–H groups in total. The molecule has 0 saturated heterocycles. The van der Waals surface area contributed by atoms with Crippen molar-refractivity contribution < 1.29 is 22.7 Å². The molecule has 0 atom stereocenters. The van der Waals surface area contributed by atoms with Gasteiger partial charge in [-0.3, -0.25) is 4.79 Å². The van der Waals surface area contributed by atoms with Gasteiger partial charge in [-0.25, -0.2) is 4.98 Å². The highest BCUT2D eigenvalue weighted by Gasteiger charge is 2.31. The second-order valence-corrected chi connectivity index (χ2v) is 4.61. The Morgan fingerprint density at radius 3 is 2.60 bits per heavy atom. The molecule has 0 aliphatic rings. The predicted molar refractivity (Wildman–Crippen MR) is 68.7 cm³/mol. The zero-order valence-corrected chi connectivity index (χ0v) is 11.7. The normalized spacial score (nSPS) is 11.4. The summed E-state index contributed by atoms with van der Waals surface area (Å²) in [5.41, 5.74) is -0.172. The molecule has 0 spiro atoms. The van der Waals surface area contributed by atoms with Gasteiger partial charge in [0.25, 0.3) is 0 Å². The van der Waals surface area contributed by atoms with Gasteiger partial charge >= 0.3 is 6.18 Å². The SMILES string of the molecule is COc1cc(C(F)(F)F)ccc1-c1nc(C=O)[nH]c1Br. The number of aromatic amines is 1. The fourth-order valence-corrected chi connectivity index (χ4v) is 2.17. The summed E-state index contributed by atoms with van der Waals surface area (Å²) in [6.07, 6.45) is -3.95. The topological polar surface area (TPSA) is 55.0 Å². The van der Waals surface area contributed by atoms with Crippen molar-refractivity contribution in [2.24, 2.45) is 0 Å². The van der Waals surface area contributed by atoms with Gasteiger partial charge in [0.05, 0.1) is 12.7 Å². The fourth-order valence-electron chi connectivity index (χ4n) is 1.67. The minimum Gasteiger partial charge on any atom is -0.496 e. The predicted octanol–water partition coefficient (Wildman–Crippen LogP) is 3.68. The number of carbonyl (C=O) groups is 1. The number of imidazole rings is 1. The number of halogens is 4. The number of H-pyrrole nitrogens is 1. The second-order valence-electron chi connectivity index (χ2n) is 3.82. The van der Waals surface area contributed by atoms with Crippen LogP contribution in [0.3, 0.4) is 0 Å². The van der Waals surface area contributed by atoms with Crippen molar-refractivity contribution in [2.45, 2.75) is 6.18 Å². The van der Waals surface area contributed by atoms with Gasteiger partial charge in [0, 0.05) is 5.56 Å². The highest BCUT2D eigenvalue weighted by molar-refractivity contribution is 9.10. The van der Waals surface area contributed by atoms with Gasteiger partial charge in [0.2, 0.25) is 0 Å². The van der Waals surface area contributed by atoms with Gasteiger partial charge < -0.3 is 9.72 Å². The van der Waals surface area contributed by atoms with Crippen LogP contribution in [0, 0.1) is 0 Å². The zero-order valence-electron chi connectivity index (χ0n) is 10.1. The molecule has 0 saturated carbocycles. The van der Waals surface area contributed by atoms with Gasteiger partial charge in [-0.05, 0) is 34.1 Å². The number of nitrogens with zero attached hydrogens (tertiary/aromatic N) is 1. The molecule has 0 radical (unpaired) electrons. The highest BCUT2D eigenvalue weighted by Crippen LogP contribution is 2.38. The molecule has 4 nitrogen and oxygen atoms in total. The fraction of sp³-hybridized carbons (Fsp3) is 0.167.